The zero-order valence-corrected chi connectivity index (χ0v) is 16.6. The molecule has 0 heterocycles. The summed E-state index contributed by atoms with van der Waals surface area (Å²) in [5.41, 5.74) is 0. The summed E-state index contributed by atoms with van der Waals surface area (Å²) >= 11 is 0. The van der Waals surface area contributed by atoms with Crippen molar-refractivity contribution in [2.75, 3.05) is 60.7 Å². The topological polar surface area (TPSA) is 66.0 Å². The molecular formula is C15H35N2O5Si+. The van der Waals surface area contributed by atoms with Gasteiger partial charge in [0.2, 0.25) is 0 Å². The first-order valence-corrected chi connectivity index (χ1v) is 10.3. The van der Waals surface area contributed by atoms with Crippen LogP contribution in [0.4, 0.5) is 4.79 Å². The van der Waals surface area contributed by atoms with Crippen LogP contribution in [0.1, 0.15) is 27.2 Å². The third kappa shape index (κ3) is 11.5. The van der Waals surface area contributed by atoms with Crippen LogP contribution >= 0.6 is 0 Å². The Kier molecular flexibility index (Phi) is 11.5. The molecule has 0 aromatic rings. The van der Waals surface area contributed by atoms with Crippen LogP contribution in [0.5, 0.6) is 0 Å². The summed E-state index contributed by atoms with van der Waals surface area (Å²) in [6, 6.07) is 0.682. The molecule has 0 rings (SSSR count). The molecule has 0 atom stereocenters. The van der Waals surface area contributed by atoms with E-state index in [1.807, 2.05) is 20.8 Å². The standard InChI is InChI=1S/C15H34N2O5Si/c1-7-20-23(21-8-2,22-9-3)14-10-11-16-15(18)19-13-12-17(4,5)6/h7-14H2,1-6H3/p+1. The summed E-state index contributed by atoms with van der Waals surface area (Å²) < 4.78 is 23.2. The number of hydrogen-bond acceptors (Lipinski definition) is 5. The van der Waals surface area contributed by atoms with Crippen LogP contribution < -0.4 is 5.32 Å². The van der Waals surface area contributed by atoms with E-state index in [0.29, 0.717) is 39.0 Å². The largest absolute Gasteiger partial charge is 0.500 e. The summed E-state index contributed by atoms with van der Waals surface area (Å²) in [6.07, 6.45) is 0.353. The first kappa shape index (κ1) is 22.3. The van der Waals surface area contributed by atoms with Gasteiger partial charge in [0.05, 0.1) is 21.1 Å². The van der Waals surface area contributed by atoms with Crippen LogP contribution in [0.2, 0.25) is 6.04 Å². The van der Waals surface area contributed by atoms with E-state index >= 15 is 0 Å². The molecule has 0 aliphatic heterocycles. The molecule has 0 spiro atoms. The van der Waals surface area contributed by atoms with Crippen molar-refractivity contribution in [3.05, 3.63) is 0 Å². The van der Waals surface area contributed by atoms with Gasteiger partial charge in [-0.05, 0) is 27.2 Å². The van der Waals surface area contributed by atoms with Crippen molar-refractivity contribution < 1.29 is 27.3 Å². The third-order valence-electron chi connectivity index (χ3n) is 3.02. The van der Waals surface area contributed by atoms with E-state index in [1.165, 1.54) is 0 Å². The molecular weight excluding hydrogens is 316 g/mol. The maximum Gasteiger partial charge on any atom is 0.500 e. The molecule has 7 nitrogen and oxygen atoms in total. The first-order chi connectivity index (χ1) is 10.8. The Morgan fingerprint density at radius 2 is 1.52 bits per heavy atom. The molecule has 1 amide bonds. The Morgan fingerprint density at radius 1 is 1.00 bits per heavy atom. The van der Waals surface area contributed by atoms with Gasteiger partial charge in [0.15, 0.2) is 0 Å². The number of ether oxygens (including phenoxy) is 1. The number of carbonyl (C=O) groups excluding carboxylic acids is 1. The molecule has 0 unspecified atom stereocenters. The SMILES string of the molecule is CCO[Si](CCCNC(=O)OCC[N+](C)(C)C)(OCC)OCC. The maximum atomic E-state index is 11.6. The molecule has 23 heavy (non-hydrogen) atoms. The Bertz CT molecular complexity index is 306. The van der Waals surface area contributed by atoms with Crippen molar-refractivity contribution in [1.29, 1.82) is 0 Å². The Morgan fingerprint density at radius 3 is 1.96 bits per heavy atom. The molecule has 0 bridgehead atoms. The zero-order chi connectivity index (χ0) is 17.8. The summed E-state index contributed by atoms with van der Waals surface area (Å²) in [7, 11) is 3.56. The van der Waals surface area contributed by atoms with Crippen molar-refractivity contribution >= 4 is 14.9 Å². The summed E-state index contributed by atoms with van der Waals surface area (Å²) in [6.45, 7) is 9.19. The van der Waals surface area contributed by atoms with E-state index in [2.05, 4.69) is 26.5 Å². The van der Waals surface area contributed by atoms with Gasteiger partial charge >= 0.3 is 14.9 Å². The van der Waals surface area contributed by atoms with Crippen LogP contribution in [-0.4, -0.2) is 80.0 Å². The average Bonchev–Trinajstić information content (AvgIpc) is 2.43. The highest BCUT2D eigenvalue weighted by Gasteiger charge is 2.39. The number of likely N-dealkylation sites (N-methyl/N-ethyl adjacent to an activating group) is 1. The fourth-order valence-electron chi connectivity index (χ4n) is 1.96. The Balaban J connectivity index is 4.06. The molecule has 0 saturated heterocycles. The van der Waals surface area contributed by atoms with Gasteiger partial charge in [0, 0.05) is 32.4 Å². The lowest BCUT2D eigenvalue weighted by atomic mass is 10.5. The first-order valence-electron chi connectivity index (χ1n) is 8.41. The highest BCUT2D eigenvalue weighted by atomic mass is 28.4. The van der Waals surface area contributed by atoms with Crippen LogP contribution in [0, 0.1) is 0 Å². The van der Waals surface area contributed by atoms with Crippen LogP contribution in [0.3, 0.4) is 0 Å². The van der Waals surface area contributed by atoms with Gasteiger partial charge in [-0.2, -0.15) is 0 Å². The Hall–Kier alpha value is -0.673. The highest BCUT2D eigenvalue weighted by molar-refractivity contribution is 6.60. The molecule has 0 radical (unpaired) electrons. The number of nitrogens with one attached hydrogen (secondary N) is 1. The molecule has 8 heteroatoms. The predicted octanol–water partition coefficient (Wildman–Crippen LogP) is 1.86. The van der Waals surface area contributed by atoms with E-state index in [1.54, 1.807) is 0 Å². The van der Waals surface area contributed by atoms with E-state index < -0.39 is 8.80 Å². The lowest BCUT2D eigenvalue weighted by Gasteiger charge is -2.28. The van der Waals surface area contributed by atoms with Gasteiger partial charge in [-0.25, -0.2) is 4.79 Å². The smallest absolute Gasteiger partial charge is 0.444 e. The summed E-state index contributed by atoms with van der Waals surface area (Å²) in [4.78, 5) is 11.6. The lowest BCUT2D eigenvalue weighted by Crippen LogP contribution is -2.46. The number of nitrogens with zero attached hydrogens (tertiary/aromatic N) is 1. The van der Waals surface area contributed by atoms with Gasteiger partial charge in [-0.3, -0.25) is 0 Å². The van der Waals surface area contributed by atoms with Crippen molar-refractivity contribution in [3.63, 3.8) is 0 Å². The second-order valence-corrected chi connectivity index (χ2v) is 8.89. The normalized spacial score (nSPS) is 12.3. The molecule has 1 N–H and O–H groups in total. The minimum Gasteiger partial charge on any atom is -0.444 e. The number of carbonyl (C=O) groups is 1. The summed E-state index contributed by atoms with van der Waals surface area (Å²) in [5.74, 6) is 0. The van der Waals surface area contributed by atoms with Crippen LogP contribution in [0.15, 0.2) is 0 Å². The van der Waals surface area contributed by atoms with Gasteiger partial charge in [-0.15, -0.1) is 0 Å². The molecule has 0 saturated carbocycles. The Labute approximate surface area is 142 Å². The molecule has 0 aromatic carbocycles. The fourth-order valence-corrected chi connectivity index (χ4v) is 4.57. The second-order valence-electron chi connectivity index (χ2n) is 6.16. The number of rotatable bonds is 13. The lowest BCUT2D eigenvalue weighted by molar-refractivity contribution is -0.870. The van der Waals surface area contributed by atoms with Crippen LogP contribution in [0.25, 0.3) is 0 Å². The summed E-state index contributed by atoms with van der Waals surface area (Å²) in [5, 5.41) is 2.76. The van der Waals surface area contributed by atoms with Gasteiger partial charge in [0.25, 0.3) is 0 Å². The second kappa shape index (κ2) is 11.8. The molecule has 138 valence electrons. The van der Waals surface area contributed by atoms with Gasteiger partial charge in [-0.1, -0.05) is 0 Å². The van der Waals surface area contributed by atoms with Crippen molar-refractivity contribution in [1.82, 2.24) is 5.32 Å². The highest BCUT2D eigenvalue weighted by Crippen LogP contribution is 2.17. The van der Waals surface area contributed by atoms with Gasteiger partial charge < -0.3 is 27.8 Å². The molecule has 0 aromatic heterocycles. The monoisotopic (exact) mass is 351 g/mol. The molecule has 0 aliphatic rings. The van der Waals surface area contributed by atoms with Crippen molar-refractivity contribution in [2.24, 2.45) is 0 Å². The predicted molar refractivity (Wildman–Crippen MR) is 92.3 cm³/mol. The zero-order valence-electron chi connectivity index (χ0n) is 15.6. The van der Waals surface area contributed by atoms with E-state index in [-0.39, 0.29) is 6.09 Å². The minimum atomic E-state index is -2.61. The fraction of sp³-hybridized carbons (Fsp3) is 0.933. The van der Waals surface area contributed by atoms with E-state index in [4.69, 9.17) is 18.0 Å². The number of quaternary nitrogens is 1. The van der Waals surface area contributed by atoms with E-state index in [0.717, 1.165) is 17.4 Å². The maximum absolute atomic E-state index is 11.6. The number of alkyl carbamates (subject to hydrolysis) is 1. The van der Waals surface area contributed by atoms with Crippen molar-refractivity contribution in [3.8, 4) is 0 Å². The van der Waals surface area contributed by atoms with Gasteiger partial charge in [0.1, 0.15) is 13.2 Å². The number of hydrogen-bond donors (Lipinski definition) is 1. The number of amides is 1. The quantitative estimate of drug-likeness (QED) is 0.312. The molecule has 0 fully saturated rings. The minimum absolute atomic E-state index is 0.380. The average molecular weight is 352 g/mol. The van der Waals surface area contributed by atoms with Crippen molar-refractivity contribution in [2.45, 2.75) is 33.2 Å². The molecule has 0 aliphatic carbocycles. The third-order valence-corrected chi connectivity index (χ3v) is 6.17. The van der Waals surface area contributed by atoms with E-state index in [9.17, 15) is 4.79 Å². The van der Waals surface area contributed by atoms with Crippen LogP contribution in [-0.2, 0) is 18.0 Å².